The molecule has 17 unspecified atom stereocenters. The summed E-state index contributed by atoms with van der Waals surface area (Å²) in [7, 11) is 0. The molecule has 0 aromatic rings. The molecule has 3 rings (SSSR count). The molecule has 0 aromatic carbocycles. The van der Waals surface area contributed by atoms with Gasteiger partial charge in [0.25, 0.3) is 0 Å². The monoisotopic (exact) mass is 1660 g/mol. The van der Waals surface area contributed by atoms with Crippen LogP contribution in [-0.4, -0.2) is 193 Å². The fourth-order valence-electron chi connectivity index (χ4n) is 14.4. The lowest BCUT2D eigenvalue weighted by Crippen LogP contribution is -2.66. The summed E-state index contributed by atoms with van der Waals surface area (Å²) in [5.41, 5.74) is 0. The summed E-state index contributed by atoms with van der Waals surface area (Å²) in [6, 6.07) is -1.02. The van der Waals surface area contributed by atoms with Gasteiger partial charge in [-0.25, -0.2) is 0 Å². The average Bonchev–Trinajstić information content (AvgIpc) is 0.777. The van der Waals surface area contributed by atoms with Crippen LogP contribution in [0.25, 0.3) is 0 Å². The van der Waals surface area contributed by atoms with Gasteiger partial charge in [-0.05, 0) is 122 Å². The SMILES string of the molecule is CC/C=C\C/C=C\C/C=C\C/C=C\C/C=C\C/C=C\C/C=C\C/C=C\C/C=C\C/C=C\C/C=C\C/C=C\CCCCCCC(=O)NC(COC1OC(CO)C(OC2OC(CO)C(OC3OC(CO)C(O)C(O)C3O)C(O)C2O)C(O)C1O)C(O)/C=C/CC/C=C/CCCCCCCCCCCCCCCCCCCCCCCCCCCC. The zero-order valence-corrected chi connectivity index (χ0v) is 72.8. The molecule has 674 valence electrons. The van der Waals surface area contributed by atoms with Gasteiger partial charge in [-0.2, -0.15) is 0 Å². The van der Waals surface area contributed by atoms with Crippen molar-refractivity contribution in [2.45, 2.75) is 420 Å². The second-order valence-electron chi connectivity index (χ2n) is 32.0. The van der Waals surface area contributed by atoms with Crippen molar-refractivity contribution in [1.82, 2.24) is 5.32 Å². The van der Waals surface area contributed by atoms with Gasteiger partial charge in [0.15, 0.2) is 18.9 Å². The number of carbonyl (C=O) groups excluding carboxylic acids is 1. The first-order valence-electron chi connectivity index (χ1n) is 46.4. The summed E-state index contributed by atoms with van der Waals surface area (Å²) in [5, 5.41) is 121. The lowest BCUT2D eigenvalue weighted by molar-refractivity contribution is -0.379. The number of hydrogen-bond donors (Lipinski definition) is 12. The van der Waals surface area contributed by atoms with Crippen LogP contribution in [0.3, 0.4) is 0 Å². The van der Waals surface area contributed by atoms with E-state index in [9.17, 15) is 61.0 Å². The molecule has 3 aliphatic rings. The Kier molecular flexibility index (Phi) is 69.0. The molecule has 0 aromatic heterocycles. The Hall–Kier alpha value is -4.85. The fraction of sp³-hybridized carbons (Fsp3) is 0.707. The largest absolute Gasteiger partial charge is 0.394 e. The first-order valence-corrected chi connectivity index (χ1v) is 46.4. The summed E-state index contributed by atoms with van der Waals surface area (Å²) in [4.78, 5) is 13.5. The lowest BCUT2D eigenvalue weighted by atomic mass is 9.96. The molecule has 0 saturated carbocycles. The van der Waals surface area contributed by atoms with E-state index in [1.54, 1.807) is 6.08 Å². The minimum Gasteiger partial charge on any atom is -0.394 e. The maximum Gasteiger partial charge on any atom is 0.220 e. The Bertz CT molecular complexity index is 2800. The van der Waals surface area contributed by atoms with E-state index >= 15 is 0 Å². The molecule has 118 heavy (non-hydrogen) atoms. The summed E-state index contributed by atoms with van der Waals surface area (Å²) in [6.07, 6.45) is 87.9. The number of aliphatic hydroxyl groups excluding tert-OH is 11. The van der Waals surface area contributed by atoms with Gasteiger partial charge >= 0.3 is 0 Å². The third-order valence-electron chi connectivity index (χ3n) is 21.7. The van der Waals surface area contributed by atoms with E-state index in [1.807, 2.05) is 6.08 Å². The van der Waals surface area contributed by atoms with Gasteiger partial charge < -0.3 is 89.9 Å². The van der Waals surface area contributed by atoms with Crippen LogP contribution >= 0.6 is 0 Å². The summed E-state index contributed by atoms with van der Waals surface area (Å²) < 4.78 is 34.5. The first-order chi connectivity index (χ1) is 57.8. The Labute approximate surface area is 713 Å². The van der Waals surface area contributed by atoms with E-state index in [1.165, 1.54) is 161 Å². The van der Waals surface area contributed by atoms with E-state index in [4.69, 9.17) is 28.4 Å². The van der Waals surface area contributed by atoms with E-state index < -0.39 is 124 Å². The van der Waals surface area contributed by atoms with Crippen molar-refractivity contribution in [3.8, 4) is 0 Å². The van der Waals surface area contributed by atoms with E-state index in [-0.39, 0.29) is 18.9 Å². The van der Waals surface area contributed by atoms with Crippen molar-refractivity contribution >= 4 is 5.91 Å². The van der Waals surface area contributed by atoms with Gasteiger partial charge in [-0.3, -0.25) is 4.79 Å². The molecular formula is C99H165NO18. The van der Waals surface area contributed by atoms with E-state index in [0.717, 1.165) is 122 Å². The molecule has 0 aliphatic carbocycles. The van der Waals surface area contributed by atoms with Crippen molar-refractivity contribution in [1.29, 1.82) is 0 Å². The normalized spacial score (nSPS) is 25.1. The van der Waals surface area contributed by atoms with Gasteiger partial charge in [0.1, 0.15) is 73.2 Å². The molecule has 3 saturated heterocycles. The highest BCUT2D eigenvalue weighted by Crippen LogP contribution is 2.33. The number of rotatable bonds is 73. The van der Waals surface area contributed by atoms with E-state index in [0.29, 0.717) is 12.8 Å². The first kappa shape index (κ1) is 107. The molecule has 3 heterocycles. The molecule has 0 spiro atoms. The Morgan fingerprint density at radius 1 is 0.314 bits per heavy atom. The number of carbonyl (C=O) groups is 1. The smallest absolute Gasteiger partial charge is 0.220 e. The minimum absolute atomic E-state index is 0.195. The van der Waals surface area contributed by atoms with E-state index in [2.05, 4.69) is 177 Å². The molecule has 19 nitrogen and oxygen atoms in total. The van der Waals surface area contributed by atoms with Gasteiger partial charge in [0, 0.05) is 6.42 Å². The van der Waals surface area contributed by atoms with Gasteiger partial charge in [0.05, 0.1) is 38.6 Å². The second kappa shape index (κ2) is 75.9. The predicted octanol–water partition coefficient (Wildman–Crippen LogP) is 18.5. The highest BCUT2D eigenvalue weighted by molar-refractivity contribution is 5.76. The quantitative estimate of drug-likeness (QED) is 0.0199. The number of amides is 1. The van der Waals surface area contributed by atoms with Crippen LogP contribution in [0.15, 0.2) is 170 Å². The summed E-state index contributed by atoms with van der Waals surface area (Å²) in [5.74, 6) is -0.314. The van der Waals surface area contributed by atoms with Gasteiger partial charge in [0.2, 0.25) is 5.91 Å². The van der Waals surface area contributed by atoms with Gasteiger partial charge in [-0.15, -0.1) is 0 Å². The van der Waals surface area contributed by atoms with Crippen molar-refractivity contribution < 1.29 is 89.4 Å². The number of ether oxygens (including phenoxy) is 6. The number of aliphatic hydroxyl groups is 11. The average molecular weight is 1660 g/mol. The highest BCUT2D eigenvalue weighted by atomic mass is 16.8. The maximum atomic E-state index is 13.5. The van der Waals surface area contributed by atoms with Crippen LogP contribution in [0.4, 0.5) is 0 Å². The molecule has 17 atom stereocenters. The third-order valence-corrected chi connectivity index (χ3v) is 21.7. The summed E-state index contributed by atoms with van der Waals surface area (Å²) in [6.45, 7) is 1.60. The zero-order valence-electron chi connectivity index (χ0n) is 72.8. The summed E-state index contributed by atoms with van der Waals surface area (Å²) >= 11 is 0. The molecule has 0 bridgehead atoms. The highest BCUT2D eigenvalue weighted by Gasteiger charge is 2.54. The van der Waals surface area contributed by atoms with Crippen molar-refractivity contribution in [3.63, 3.8) is 0 Å². The number of nitrogens with one attached hydrogen (secondary N) is 1. The van der Waals surface area contributed by atoms with Crippen LogP contribution in [0, 0.1) is 0 Å². The standard InChI is InChI=1S/C99H165NO18/c1-3-5-7-9-11-13-15-17-19-21-23-25-27-29-31-33-35-37-38-39-40-41-42-43-44-45-47-49-51-53-55-57-59-61-63-65-67-69-71-73-75-77-87(105)100-82(83(104)76-74-72-70-68-66-64-62-60-58-56-54-52-50-48-46-36-34-32-30-28-26-24-22-20-18-16-14-12-10-8-6-4-2)81-113-97-93(111)90(108)95(85(79-102)115-97)118-99-94(112)91(109)96(86(80-103)116-99)117-98-92(110)89(107)88(106)84(78-101)114-98/h5,7,11,13,17,19,23,25,29,31,35,37,39-40,42-43,45,47,51,53,57,59,63,65-66,68,74,76,82-86,88-99,101-104,106-112H,3-4,6,8-10,12,14-16,18,20-22,24,26-28,30,32-34,36,38,41,44,46,48-50,52,54-56,58,60-62,64,67,69-73,75,77-81H2,1-2H3,(H,100,105)/b7-5-,13-11-,19-17-,25-23-,31-29-,37-35-,40-39-,43-42-,47-45-,53-51-,59-57-,65-63-,68-66+,76-74+. The Balaban J connectivity index is 1.35. The molecule has 0 radical (unpaired) electrons. The number of unbranched alkanes of at least 4 members (excludes halogenated alkanes) is 31. The molecular weight excluding hydrogens is 1490 g/mol. The van der Waals surface area contributed by atoms with Crippen molar-refractivity contribution in [3.05, 3.63) is 170 Å². The third kappa shape index (κ3) is 53.2. The lowest BCUT2D eigenvalue weighted by Gasteiger charge is -2.48. The van der Waals surface area contributed by atoms with Crippen LogP contribution < -0.4 is 5.32 Å². The number of hydrogen-bond acceptors (Lipinski definition) is 18. The maximum absolute atomic E-state index is 13.5. The van der Waals surface area contributed by atoms with Gasteiger partial charge in [-0.1, -0.05) is 357 Å². The molecule has 3 aliphatic heterocycles. The predicted molar refractivity (Wildman–Crippen MR) is 479 cm³/mol. The van der Waals surface area contributed by atoms with Crippen molar-refractivity contribution in [2.75, 3.05) is 26.4 Å². The fourth-order valence-corrected chi connectivity index (χ4v) is 14.4. The van der Waals surface area contributed by atoms with Crippen LogP contribution in [0.2, 0.25) is 0 Å². The second-order valence-corrected chi connectivity index (χ2v) is 32.0. The van der Waals surface area contributed by atoms with Crippen LogP contribution in [0.5, 0.6) is 0 Å². The zero-order chi connectivity index (χ0) is 85.2. The molecule has 3 fully saturated rings. The Morgan fingerprint density at radius 3 is 0.949 bits per heavy atom. The minimum atomic E-state index is -1.99. The molecule has 12 N–H and O–H groups in total. The number of allylic oxidation sites excluding steroid dienone is 27. The van der Waals surface area contributed by atoms with Crippen LogP contribution in [-0.2, 0) is 33.2 Å². The molecule has 19 heteroatoms. The molecule has 1 amide bonds. The van der Waals surface area contributed by atoms with Crippen LogP contribution in [0.1, 0.15) is 316 Å². The Morgan fingerprint density at radius 2 is 0.593 bits per heavy atom. The topological polar surface area (TPSA) is 307 Å². The van der Waals surface area contributed by atoms with Crippen molar-refractivity contribution in [2.24, 2.45) is 0 Å².